The van der Waals surface area contributed by atoms with Crippen LogP contribution < -0.4 is 19.7 Å². The van der Waals surface area contributed by atoms with Crippen molar-refractivity contribution in [2.24, 2.45) is 5.92 Å². The molecule has 2 amide bonds. The molecule has 1 saturated heterocycles. The Hall–Kier alpha value is -3.11. The van der Waals surface area contributed by atoms with E-state index in [9.17, 15) is 18.0 Å². The van der Waals surface area contributed by atoms with Crippen molar-refractivity contribution < 1.29 is 27.5 Å². The fourth-order valence-corrected chi connectivity index (χ4v) is 6.54. The number of nitrogens with one attached hydrogen (secondary N) is 1. The molecule has 3 aliphatic rings. The first-order chi connectivity index (χ1) is 16.8. The summed E-state index contributed by atoms with van der Waals surface area (Å²) >= 11 is 0. The number of carbonyl (C=O) groups is 2. The number of ether oxygens (including phenoxy) is 2. The summed E-state index contributed by atoms with van der Waals surface area (Å²) in [7, 11) is -3.75. The molecule has 1 N–H and O–H groups in total. The van der Waals surface area contributed by atoms with Crippen LogP contribution in [-0.4, -0.2) is 51.0 Å². The maximum Gasteiger partial charge on any atom is 0.243 e. The third-order valence-electron chi connectivity index (χ3n) is 6.85. The molecule has 9 nitrogen and oxygen atoms in total. The van der Waals surface area contributed by atoms with Gasteiger partial charge in [-0.1, -0.05) is 6.07 Å². The zero-order valence-corrected chi connectivity index (χ0v) is 20.5. The topological polar surface area (TPSA) is 105 Å². The molecule has 10 heteroatoms. The average molecular weight is 500 g/mol. The van der Waals surface area contributed by atoms with Crippen LogP contribution in [0, 0.1) is 5.92 Å². The van der Waals surface area contributed by atoms with Crippen LogP contribution in [0.25, 0.3) is 0 Å². The molecule has 2 aromatic carbocycles. The Bertz CT molecular complexity index is 1260. The highest BCUT2D eigenvalue weighted by Crippen LogP contribution is 2.33. The summed E-state index contributed by atoms with van der Waals surface area (Å²) in [5.41, 5.74) is 2.53. The number of nitrogens with zero attached hydrogens (tertiary/aromatic N) is 2. The number of piperidine rings is 1. The largest absolute Gasteiger partial charge is 0.454 e. The third-order valence-corrected chi connectivity index (χ3v) is 8.71. The van der Waals surface area contributed by atoms with Gasteiger partial charge in [0.15, 0.2) is 11.5 Å². The number of hydrogen-bond acceptors (Lipinski definition) is 6. The van der Waals surface area contributed by atoms with Crippen LogP contribution in [0.1, 0.15) is 37.3 Å². The second-order valence-corrected chi connectivity index (χ2v) is 11.1. The summed E-state index contributed by atoms with van der Waals surface area (Å²) in [6.07, 6.45) is 2.78. The summed E-state index contributed by atoms with van der Waals surface area (Å²) in [6, 6.07) is 10.5. The highest BCUT2D eigenvalue weighted by Gasteiger charge is 2.34. The van der Waals surface area contributed by atoms with E-state index in [0.29, 0.717) is 44.0 Å². The molecular formula is C25H29N3O6S. The van der Waals surface area contributed by atoms with Crippen molar-refractivity contribution >= 4 is 27.5 Å². The fraction of sp³-hybridized carbons (Fsp3) is 0.440. The smallest absolute Gasteiger partial charge is 0.243 e. The summed E-state index contributed by atoms with van der Waals surface area (Å²) in [6.45, 7) is 3.21. The van der Waals surface area contributed by atoms with Crippen LogP contribution in [0.4, 0.5) is 5.69 Å². The lowest BCUT2D eigenvalue weighted by Gasteiger charge is -2.32. The zero-order valence-electron chi connectivity index (χ0n) is 19.7. The lowest BCUT2D eigenvalue weighted by molar-refractivity contribution is -0.126. The second-order valence-electron chi connectivity index (χ2n) is 9.17. The standard InChI is InChI=1S/C25H29N3O6S/c1-17(29)28-11-3-4-19-13-21(7-8-22(19)28)35(31,32)27-10-2-5-20(15-27)25(30)26-14-18-6-9-23-24(12-18)34-16-33-23/h6-9,12-13,20H,2-5,10-11,14-16H2,1H3,(H,26,30)/t20-/m0/s1. The summed E-state index contributed by atoms with van der Waals surface area (Å²) in [5, 5.41) is 2.93. The van der Waals surface area contributed by atoms with E-state index in [1.54, 1.807) is 23.1 Å². The molecule has 2 aromatic rings. The SMILES string of the molecule is CC(=O)N1CCCc2cc(S(=O)(=O)N3CCC[C@H](C(=O)NCc4ccc5c(c4)OCO5)C3)ccc21. The van der Waals surface area contributed by atoms with Crippen LogP contribution in [0.2, 0.25) is 0 Å². The van der Waals surface area contributed by atoms with Gasteiger partial charge in [-0.3, -0.25) is 9.59 Å². The molecule has 3 heterocycles. The molecule has 0 bridgehead atoms. The molecule has 0 saturated carbocycles. The number of sulfonamides is 1. The summed E-state index contributed by atoms with van der Waals surface area (Å²) < 4.78 is 39.0. The van der Waals surface area contributed by atoms with Crippen LogP contribution in [0.3, 0.4) is 0 Å². The van der Waals surface area contributed by atoms with Gasteiger partial charge in [0.1, 0.15) is 0 Å². The molecule has 0 unspecified atom stereocenters. The maximum atomic E-state index is 13.4. The number of carbonyl (C=O) groups excluding carboxylic acids is 2. The van der Waals surface area contributed by atoms with Gasteiger partial charge in [-0.15, -0.1) is 0 Å². The molecule has 1 fully saturated rings. The number of amides is 2. The number of benzene rings is 2. The van der Waals surface area contributed by atoms with Gasteiger partial charge in [0, 0.05) is 38.8 Å². The molecule has 0 spiro atoms. The van der Waals surface area contributed by atoms with Crippen LogP contribution in [0.5, 0.6) is 11.5 Å². The van der Waals surface area contributed by atoms with Crippen LogP contribution >= 0.6 is 0 Å². The van der Waals surface area contributed by atoms with E-state index in [4.69, 9.17) is 9.47 Å². The quantitative estimate of drug-likeness (QED) is 0.678. The van der Waals surface area contributed by atoms with Crippen LogP contribution in [-0.2, 0) is 32.6 Å². The Kier molecular flexibility index (Phi) is 6.41. The Morgan fingerprint density at radius 1 is 1.06 bits per heavy atom. The van der Waals surface area contributed by atoms with Crippen molar-refractivity contribution in [3.8, 4) is 11.5 Å². The Morgan fingerprint density at radius 3 is 2.71 bits per heavy atom. The zero-order chi connectivity index (χ0) is 24.6. The maximum absolute atomic E-state index is 13.4. The lowest BCUT2D eigenvalue weighted by atomic mass is 9.98. The predicted molar refractivity (Wildman–Crippen MR) is 129 cm³/mol. The van der Waals surface area contributed by atoms with E-state index in [0.717, 1.165) is 29.7 Å². The van der Waals surface area contributed by atoms with E-state index < -0.39 is 15.9 Å². The van der Waals surface area contributed by atoms with Gasteiger partial charge in [0.2, 0.25) is 28.6 Å². The van der Waals surface area contributed by atoms with Crippen molar-refractivity contribution in [3.63, 3.8) is 0 Å². The monoisotopic (exact) mass is 499 g/mol. The molecule has 186 valence electrons. The van der Waals surface area contributed by atoms with Crippen molar-refractivity contribution in [2.45, 2.75) is 44.0 Å². The fourth-order valence-electron chi connectivity index (χ4n) is 4.97. The minimum Gasteiger partial charge on any atom is -0.454 e. The third kappa shape index (κ3) is 4.72. The molecule has 0 radical (unpaired) electrons. The van der Waals surface area contributed by atoms with Gasteiger partial charge >= 0.3 is 0 Å². The average Bonchev–Trinajstić information content (AvgIpc) is 3.34. The van der Waals surface area contributed by atoms with Crippen molar-refractivity contribution in [1.82, 2.24) is 9.62 Å². The highest BCUT2D eigenvalue weighted by molar-refractivity contribution is 7.89. The molecule has 0 aliphatic carbocycles. The summed E-state index contributed by atoms with van der Waals surface area (Å²) in [4.78, 5) is 26.7. The van der Waals surface area contributed by atoms with E-state index in [1.165, 1.54) is 11.2 Å². The lowest BCUT2D eigenvalue weighted by Crippen LogP contribution is -2.45. The first-order valence-corrected chi connectivity index (χ1v) is 13.3. The van der Waals surface area contributed by atoms with E-state index in [2.05, 4.69) is 5.32 Å². The second kappa shape index (κ2) is 9.50. The Balaban J connectivity index is 1.26. The Labute approximate surface area is 205 Å². The van der Waals surface area contributed by atoms with Crippen molar-refractivity contribution in [2.75, 3.05) is 31.3 Å². The van der Waals surface area contributed by atoms with Gasteiger partial charge in [0.05, 0.1) is 10.8 Å². The highest BCUT2D eigenvalue weighted by atomic mass is 32.2. The number of aryl methyl sites for hydroxylation is 1. The minimum absolute atomic E-state index is 0.0489. The molecule has 0 aromatic heterocycles. The normalized spacial score (nSPS) is 19.8. The first kappa shape index (κ1) is 23.6. The predicted octanol–water partition coefficient (Wildman–Crippen LogP) is 2.43. The number of rotatable bonds is 5. The van der Waals surface area contributed by atoms with E-state index in [-0.39, 0.29) is 30.0 Å². The van der Waals surface area contributed by atoms with Crippen molar-refractivity contribution in [3.05, 3.63) is 47.5 Å². The number of fused-ring (bicyclic) bond motifs is 2. The minimum atomic E-state index is -3.75. The van der Waals surface area contributed by atoms with Gasteiger partial charge < -0.3 is 19.7 Å². The van der Waals surface area contributed by atoms with Crippen LogP contribution in [0.15, 0.2) is 41.3 Å². The molecular weight excluding hydrogens is 470 g/mol. The molecule has 3 aliphatic heterocycles. The number of hydrogen-bond donors (Lipinski definition) is 1. The van der Waals surface area contributed by atoms with Gasteiger partial charge in [-0.05, 0) is 67.1 Å². The van der Waals surface area contributed by atoms with E-state index >= 15 is 0 Å². The van der Waals surface area contributed by atoms with E-state index in [1.807, 2.05) is 18.2 Å². The van der Waals surface area contributed by atoms with Gasteiger partial charge in [-0.25, -0.2) is 8.42 Å². The van der Waals surface area contributed by atoms with Crippen molar-refractivity contribution in [1.29, 1.82) is 0 Å². The molecule has 1 atom stereocenters. The molecule has 35 heavy (non-hydrogen) atoms. The van der Waals surface area contributed by atoms with Gasteiger partial charge in [-0.2, -0.15) is 4.31 Å². The Morgan fingerprint density at radius 2 is 1.89 bits per heavy atom. The molecule has 5 rings (SSSR count). The number of anilines is 1. The summed E-state index contributed by atoms with van der Waals surface area (Å²) in [5.74, 6) is 0.711. The van der Waals surface area contributed by atoms with Gasteiger partial charge in [0.25, 0.3) is 0 Å². The first-order valence-electron chi connectivity index (χ1n) is 11.9.